The highest BCUT2D eigenvalue weighted by molar-refractivity contribution is 7.99. The molecule has 1 aliphatic heterocycles. The Hall–Kier alpha value is -0.510. The number of hydrogen-bond acceptors (Lipinski definition) is 3. The smallest absolute Gasteiger partial charge is 0.0437 e. The second-order valence-electron chi connectivity index (χ2n) is 4.91. The maximum absolute atomic E-state index is 9.20. The number of hydrogen-bond donors (Lipinski definition) is 2. The van der Waals surface area contributed by atoms with Crippen molar-refractivity contribution in [1.82, 2.24) is 5.32 Å². The summed E-state index contributed by atoms with van der Waals surface area (Å²) in [5.41, 5.74) is 1.34. The number of aliphatic hydroxyl groups excluding tert-OH is 1. The van der Waals surface area contributed by atoms with E-state index in [1.54, 1.807) is 0 Å². The van der Waals surface area contributed by atoms with Crippen molar-refractivity contribution >= 4 is 11.8 Å². The van der Waals surface area contributed by atoms with Gasteiger partial charge in [-0.05, 0) is 42.2 Å². The minimum absolute atomic E-state index is 0.266. The third-order valence-corrected chi connectivity index (χ3v) is 4.67. The predicted molar refractivity (Wildman–Crippen MR) is 79.2 cm³/mol. The van der Waals surface area contributed by atoms with Crippen molar-refractivity contribution in [3.63, 3.8) is 0 Å². The first-order valence-corrected chi connectivity index (χ1v) is 8.02. The number of nitrogens with one attached hydrogen (secondary N) is 1. The van der Waals surface area contributed by atoms with Crippen LogP contribution in [0.25, 0.3) is 0 Å². The molecular formula is C15H23NOS. The van der Waals surface area contributed by atoms with Gasteiger partial charge in [0, 0.05) is 19.2 Å². The van der Waals surface area contributed by atoms with E-state index in [1.165, 1.54) is 29.9 Å². The molecule has 18 heavy (non-hydrogen) atoms. The first kappa shape index (κ1) is 13.9. The lowest BCUT2D eigenvalue weighted by molar-refractivity contribution is 0.271. The van der Waals surface area contributed by atoms with Crippen molar-refractivity contribution in [1.29, 1.82) is 0 Å². The minimum atomic E-state index is 0.266. The Bertz CT molecular complexity index is 325. The lowest BCUT2D eigenvalue weighted by Crippen LogP contribution is -2.35. The molecule has 0 spiro atoms. The molecule has 2 N–H and O–H groups in total. The Morgan fingerprint density at radius 2 is 1.94 bits per heavy atom. The number of benzene rings is 1. The van der Waals surface area contributed by atoms with Crippen LogP contribution in [0.5, 0.6) is 0 Å². The molecular weight excluding hydrogens is 242 g/mol. The van der Waals surface area contributed by atoms with E-state index in [4.69, 9.17) is 0 Å². The number of aliphatic hydroxyl groups is 1. The minimum Gasteiger partial charge on any atom is -0.396 e. The van der Waals surface area contributed by atoms with E-state index >= 15 is 0 Å². The molecule has 2 rings (SSSR count). The molecule has 1 aliphatic rings. The third kappa shape index (κ3) is 4.30. The van der Waals surface area contributed by atoms with E-state index in [-0.39, 0.29) is 6.61 Å². The monoisotopic (exact) mass is 265 g/mol. The summed E-state index contributed by atoms with van der Waals surface area (Å²) in [7, 11) is 0. The van der Waals surface area contributed by atoms with Gasteiger partial charge in [-0.1, -0.05) is 30.3 Å². The van der Waals surface area contributed by atoms with E-state index in [0.717, 1.165) is 13.0 Å². The van der Waals surface area contributed by atoms with Crippen LogP contribution in [0.15, 0.2) is 30.3 Å². The molecule has 100 valence electrons. The van der Waals surface area contributed by atoms with E-state index < -0.39 is 0 Å². The Morgan fingerprint density at radius 3 is 2.61 bits per heavy atom. The van der Waals surface area contributed by atoms with Crippen molar-refractivity contribution in [3.05, 3.63) is 35.9 Å². The SMILES string of the molecule is OCCC(CNC1CCSCC1)c1ccccc1. The second kappa shape index (κ2) is 7.82. The van der Waals surface area contributed by atoms with Gasteiger partial charge in [0.15, 0.2) is 0 Å². The van der Waals surface area contributed by atoms with E-state index in [2.05, 4.69) is 41.3 Å². The first-order chi connectivity index (χ1) is 8.90. The maximum atomic E-state index is 9.20. The molecule has 1 fully saturated rings. The lowest BCUT2D eigenvalue weighted by atomic mass is 9.95. The van der Waals surface area contributed by atoms with Gasteiger partial charge in [-0.15, -0.1) is 0 Å². The van der Waals surface area contributed by atoms with Crippen LogP contribution in [0.3, 0.4) is 0 Å². The van der Waals surface area contributed by atoms with Gasteiger partial charge in [0.25, 0.3) is 0 Å². The molecule has 0 radical (unpaired) electrons. The molecule has 3 heteroatoms. The summed E-state index contributed by atoms with van der Waals surface area (Å²) in [6, 6.07) is 11.2. The van der Waals surface area contributed by atoms with Gasteiger partial charge in [-0.3, -0.25) is 0 Å². The van der Waals surface area contributed by atoms with Crippen LogP contribution >= 0.6 is 11.8 Å². The highest BCUT2D eigenvalue weighted by atomic mass is 32.2. The van der Waals surface area contributed by atoms with Gasteiger partial charge in [0.1, 0.15) is 0 Å². The van der Waals surface area contributed by atoms with Gasteiger partial charge in [0.05, 0.1) is 0 Å². The molecule has 0 saturated carbocycles. The average molecular weight is 265 g/mol. The van der Waals surface area contributed by atoms with Crippen LogP contribution in [0.2, 0.25) is 0 Å². The third-order valence-electron chi connectivity index (χ3n) is 3.62. The zero-order valence-electron chi connectivity index (χ0n) is 10.8. The van der Waals surface area contributed by atoms with Crippen molar-refractivity contribution in [2.24, 2.45) is 0 Å². The van der Waals surface area contributed by atoms with Crippen LogP contribution in [0.1, 0.15) is 30.7 Å². The summed E-state index contributed by atoms with van der Waals surface area (Å²) in [5.74, 6) is 3.01. The van der Waals surface area contributed by atoms with Crippen LogP contribution < -0.4 is 5.32 Å². The summed E-state index contributed by atoms with van der Waals surface area (Å²) in [6.07, 6.45) is 3.41. The lowest BCUT2D eigenvalue weighted by Gasteiger charge is -2.25. The Balaban J connectivity index is 1.86. The van der Waals surface area contributed by atoms with Gasteiger partial charge >= 0.3 is 0 Å². The second-order valence-corrected chi connectivity index (χ2v) is 6.14. The van der Waals surface area contributed by atoms with E-state index in [1.807, 2.05) is 6.07 Å². The average Bonchev–Trinajstić information content (AvgIpc) is 2.45. The standard InChI is InChI=1S/C15H23NOS/c17-9-6-14(13-4-2-1-3-5-13)12-16-15-7-10-18-11-8-15/h1-5,14-17H,6-12H2. The molecule has 0 amide bonds. The fourth-order valence-electron chi connectivity index (χ4n) is 2.48. The zero-order chi connectivity index (χ0) is 12.6. The normalized spacial score (nSPS) is 18.7. The van der Waals surface area contributed by atoms with Crippen molar-refractivity contribution in [2.45, 2.75) is 31.2 Å². The largest absolute Gasteiger partial charge is 0.396 e. The predicted octanol–water partition coefficient (Wildman–Crippen LogP) is 2.64. The highest BCUT2D eigenvalue weighted by Crippen LogP contribution is 2.21. The van der Waals surface area contributed by atoms with Crippen LogP contribution in [-0.2, 0) is 0 Å². The quantitative estimate of drug-likeness (QED) is 0.829. The Labute approximate surface area is 114 Å². The molecule has 0 bridgehead atoms. The molecule has 1 aromatic carbocycles. The molecule has 2 nitrogen and oxygen atoms in total. The fraction of sp³-hybridized carbons (Fsp3) is 0.600. The summed E-state index contributed by atoms with van der Waals surface area (Å²) in [4.78, 5) is 0. The Morgan fingerprint density at radius 1 is 1.22 bits per heavy atom. The molecule has 1 saturated heterocycles. The van der Waals surface area contributed by atoms with Gasteiger partial charge in [-0.25, -0.2) is 0 Å². The molecule has 0 aliphatic carbocycles. The molecule has 1 aromatic rings. The molecule has 1 atom stereocenters. The summed E-state index contributed by atoms with van der Waals surface area (Å²) < 4.78 is 0. The number of rotatable bonds is 6. The van der Waals surface area contributed by atoms with Crippen molar-refractivity contribution < 1.29 is 5.11 Å². The molecule has 1 unspecified atom stereocenters. The summed E-state index contributed by atoms with van der Waals surface area (Å²) >= 11 is 2.06. The maximum Gasteiger partial charge on any atom is 0.0437 e. The van der Waals surface area contributed by atoms with Gasteiger partial charge < -0.3 is 10.4 Å². The number of thioether (sulfide) groups is 1. The fourth-order valence-corrected chi connectivity index (χ4v) is 3.58. The van der Waals surface area contributed by atoms with Crippen molar-refractivity contribution in [2.75, 3.05) is 24.7 Å². The molecule has 1 heterocycles. The molecule has 0 aromatic heterocycles. The summed E-state index contributed by atoms with van der Waals surface area (Å²) in [5, 5.41) is 12.9. The highest BCUT2D eigenvalue weighted by Gasteiger charge is 2.16. The first-order valence-electron chi connectivity index (χ1n) is 6.87. The summed E-state index contributed by atoms with van der Waals surface area (Å²) in [6.45, 7) is 1.25. The van der Waals surface area contributed by atoms with Crippen LogP contribution in [0.4, 0.5) is 0 Å². The van der Waals surface area contributed by atoms with Crippen LogP contribution in [0, 0.1) is 0 Å². The van der Waals surface area contributed by atoms with Crippen LogP contribution in [-0.4, -0.2) is 35.8 Å². The van der Waals surface area contributed by atoms with E-state index in [0.29, 0.717) is 12.0 Å². The zero-order valence-corrected chi connectivity index (χ0v) is 11.7. The Kier molecular flexibility index (Phi) is 6.05. The van der Waals surface area contributed by atoms with E-state index in [9.17, 15) is 5.11 Å². The van der Waals surface area contributed by atoms with Gasteiger partial charge in [0.2, 0.25) is 0 Å². The topological polar surface area (TPSA) is 32.3 Å². The van der Waals surface area contributed by atoms with Crippen molar-refractivity contribution in [3.8, 4) is 0 Å². The van der Waals surface area contributed by atoms with Gasteiger partial charge in [-0.2, -0.15) is 11.8 Å².